The molecule has 1 aromatic rings. The van der Waals surface area contributed by atoms with Crippen LogP contribution in [0.15, 0.2) is 29.8 Å². The summed E-state index contributed by atoms with van der Waals surface area (Å²) < 4.78 is 0. The largest absolute Gasteiger partial charge is 0.507 e. The maximum absolute atomic E-state index is 11.5. The molecule has 0 atom stereocenters. The first-order valence-corrected chi connectivity index (χ1v) is 4.21. The van der Waals surface area contributed by atoms with Crippen LogP contribution in [0, 0.1) is 0 Å². The lowest BCUT2D eigenvalue weighted by Crippen LogP contribution is -2.22. The Morgan fingerprint density at radius 3 is 2.21 bits per heavy atom. The van der Waals surface area contributed by atoms with Gasteiger partial charge in [-0.3, -0.25) is 9.59 Å². The average Bonchev–Trinajstić information content (AvgIpc) is 2.23. The van der Waals surface area contributed by atoms with Crippen molar-refractivity contribution in [3.05, 3.63) is 41.0 Å². The van der Waals surface area contributed by atoms with Gasteiger partial charge >= 0.3 is 0 Å². The van der Waals surface area contributed by atoms with Gasteiger partial charge in [-0.05, 0) is 6.92 Å². The normalized spacial score (nSPS) is 15.8. The highest BCUT2D eigenvalue weighted by atomic mass is 16.3. The lowest BCUT2D eigenvalue weighted by Gasteiger charge is -2.14. The number of Topliss-reactive ketones (excluding diaryl/α,β-unsaturated/α-hetero) is 2. The number of hydrogen-bond donors (Lipinski definition) is 1. The zero-order chi connectivity index (χ0) is 10.3. The first-order valence-electron chi connectivity index (χ1n) is 4.21. The SMILES string of the molecule is CC1=C(O)c2ccccc2C(=O)C1=O. The Morgan fingerprint density at radius 2 is 1.57 bits per heavy atom. The lowest BCUT2D eigenvalue weighted by molar-refractivity contribution is -0.111. The molecule has 3 heteroatoms. The van der Waals surface area contributed by atoms with Crippen LogP contribution in [0.4, 0.5) is 0 Å². The molecule has 70 valence electrons. The summed E-state index contributed by atoms with van der Waals surface area (Å²) in [6, 6.07) is 6.54. The van der Waals surface area contributed by atoms with E-state index >= 15 is 0 Å². The molecule has 1 aliphatic carbocycles. The van der Waals surface area contributed by atoms with Gasteiger partial charge in [0.2, 0.25) is 11.6 Å². The number of ketones is 2. The molecule has 0 radical (unpaired) electrons. The van der Waals surface area contributed by atoms with Crippen LogP contribution in [0.25, 0.3) is 5.76 Å². The van der Waals surface area contributed by atoms with Crippen LogP contribution in [-0.2, 0) is 4.79 Å². The number of aliphatic hydroxyl groups excluding tert-OH is 1. The van der Waals surface area contributed by atoms with E-state index in [0.717, 1.165) is 0 Å². The van der Waals surface area contributed by atoms with Gasteiger partial charge in [-0.25, -0.2) is 0 Å². The van der Waals surface area contributed by atoms with E-state index < -0.39 is 11.6 Å². The van der Waals surface area contributed by atoms with Crippen LogP contribution in [-0.4, -0.2) is 16.7 Å². The second-order valence-corrected chi connectivity index (χ2v) is 3.18. The molecule has 14 heavy (non-hydrogen) atoms. The van der Waals surface area contributed by atoms with Gasteiger partial charge in [0.1, 0.15) is 5.76 Å². The second kappa shape index (κ2) is 2.80. The molecule has 0 bridgehead atoms. The summed E-state index contributed by atoms with van der Waals surface area (Å²) >= 11 is 0. The van der Waals surface area contributed by atoms with Gasteiger partial charge in [0.15, 0.2) is 0 Å². The van der Waals surface area contributed by atoms with Gasteiger partial charge < -0.3 is 5.11 Å². The maximum Gasteiger partial charge on any atom is 0.234 e. The van der Waals surface area contributed by atoms with E-state index in [2.05, 4.69) is 0 Å². The van der Waals surface area contributed by atoms with Gasteiger partial charge in [0.25, 0.3) is 0 Å². The second-order valence-electron chi connectivity index (χ2n) is 3.18. The molecule has 2 rings (SSSR count). The topological polar surface area (TPSA) is 54.4 Å². The molecule has 1 aromatic carbocycles. The van der Waals surface area contributed by atoms with Gasteiger partial charge in [-0.15, -0.1) is 0 Å². The first-order chi connectivity index (χ1) is 6.63. The summed E-state index contributed by atoms with van der Waals surface area (Å²) in [6.45, 7) is 1.45. The number of benzene rings is 1. The van der Waals surface area contributed by atoms with E-state index in [-0.39, 0.29) is 16.9 Å². The number of fused-ring (bicyclic) bond motifs is 1. The Hall–Kier alpha value is -1.90. The molecule has 0 spiro atoms. The van der Waals surface area contributed by atoms with E-state index in [4.69, 9.17) is 0 Å². The molecule has 0 amide bonds. The van der Waals surface area contributed by atoms with Crippen LogP contribution in [0.5, 0.6) is 0 Å². The standard InChI is InChI=1S/C11H8O3/c1-6-9(12)7-4-2-3-5-8(7)11(14)10(6)13/h2-5,12H,1H3. The third-order valence-electron chi connectivity index (χ3n) is 2.33. The minimum absolute atomic E-state index is 0.0924. The Labute approximate surface area is 80.7 Å². The van der Waals surface area contributed by atoms with Crippen LogP contribution in [0.1, 0.15) is 22.8 Å². The molecule has 0 heterocycles. The number of hydrogen-bond acceptors (Lipinski definition) is 3. The van der Waals surface area contributed by atoms with E-state index in [0.29, 0.717) is 5.56 Å². The van der Waals surface area contributed by atoms with Crippen LogP contribution < -0.4 is 0 Å². The number of carbonyl (C=O) groups excluding carboxylic acids is 2. The van der Waals surface area contributed by atoms with Gasteiger partial charge in [0, 0.05) is 16.7 Å². The molecule has 0 unspecified atom stereocenters. The predicted octanol–water partition coefficient (Wildman–Crippen LogP) is 1.74. The highest BCUT2D eigenvalue weighted by molar-refractivity contribution is 6.52. The minimum Gasteiger partial charge on any atom is -0.507 e. The van der Waals surface area contributed by atoms with Crippen LogP contribution >= 0.6 is 0 Å². The lowest BCUT2D eigenvalue weighted by atomic mass is 9.89. The zero-order valence-corrected chi connectivity index (χ0v) is 7.57. The number of rotatable bonds is 0. The molecular formula is C11H8O3. The number of aliphatic hydroxyl groups is 1. The molecule has 0 saturated carbocycles. The Kier molecular flexibility index (Phi) is 1.74. The molecular weight excluding hydrogens is 180 g/mol. The monoisotopic (exact) mass is 188 g/mol. The molecule has 0 saturated heterocycles. The molecule has 0 aliphatic heterocycles. The van der Waals surface area contributed by atoms with E-state index in [1.807, 2.05) is 0 Å². The van der Waals surface area contributed by atoms with Crippen molar-refractivity contribution in [1.82, 2.24) is 0 Å². The third kappa shape index (κ3) is 0.988. The summed E-state index contributed by atoms with van der Waals surface area (Å²) in [5.74, 6) is -1.26. The highest BCUT2D eigenvalue weighted by Crippen LogP contribution is 2.26. The van der Waals surface area contributed by atoms with Gasteiger partial charge in [-0.2, -0.15) is 0 Å². The quantitative estimate of drug-likeness (QED) is 0.631. The molecule has 1 aliphatic rings. The summed E-state index contributed by atoms with van der Waals surface area (Å²) in [5.41, 5.74) is 0.837. The van der Waals surface area contributed by atoms with E-state index in [1.54, 1.807) is 18.2 Å². The highest BCUT2D eigenvalue weighted by Gasteiger charge is 2.29. The third-order valence-corrected chi connectivity index (χ3v) is 2.33. The van der Waals surface area contributed by atoms with Crippen molar-refractivity contribution in [2.24, 2.45) is 0 Å². The van der Waals surface area contributed by atoms with Crippen LogP contribution in [0.2, 0.25) is 0 Å². The fourth-order valence-electron chi connectivity index (χ4n) is 1.49. The Balaban J connectivity index is 2.78. The van der Waals surface area contributed by atoms with Crippen molar-refractivity contribution in [2.45, 2.75) is 6.92 Å². The fraction of sp³-hybridized carbons (Fsp3) is 0.0909. The van der Waals surface area contributed by atoms with E-state index in [9.17, 15) is 14.7 Å². The first kappa shape index (κ1) is 8.69. The smallest absolute Gasteiger partial charge is 0.234 e. The molecule has 0 aromatic heterocycles. The predicted molar refractivity (Wildman–Crippen MR) is 51.0 cm³/mol. The zero-order valence-electron chi connectivity index (χ0n) is 7.57. The van der Waals surface area contributed by atoms with Crippen LogP contribution in [0.3, 0.4) is 0 Å². The summed E-state index contributed by atoms with van der Waals surface area (Å²) in [5, 5.41) is 9.62. The van der Waals surface area contributed by atoms with Gasteiger partial charge in [0.05, 0.1) is 0 Å². The average molecular weight is 188 g/mol. The number of carbonyl (C=O) groups is 2. The van der Waals surface area contributed by atoms with Crippen molar-refractivity contribution < 1.29 is 14.7 Å². The van der Waals surface area contributed by atoms with Crippen molar-refractivity contribution >= 4 is 17.3 Å². The molecule has 0 fully saturated rings. The molecule has 3 nitrogen and oxygen atoms in total. The Bertz CT molecular complexity index is 469. The molecule has 1 N–H and O–H groups in total. The summed E-state index contributed by atoms with van der Waals surface area (Å²) in [4.78, 5) is 22.8. The van der Waals surface area contributed by atoms with Crippen molar-refractivity contribution in [2.75, 3.05) is 0 Å². The van der Waals surface area contributed by atoms with Crippen molar-refractivity contribution in [3.63, 3.8) is 0 Å². The van der Waals surface area contributed by atoms with E-state index in [1.165, 1.54) is 13.0 Å². The maximum atomic E-state index is 11.5. The minimum atomic E-state index is -0.624. The van der Waals surface area contributed by atoms with Gasteiger partial charge in [-0.1, -0.05) is 24.3 Å². The van der Waals surface area contributed by atoms with Crippen molar-refractivity contribution in [3.8, 4) is 0 Å². The van der Waals surface area contributed by atoms with Crippen molar-refractivity contribution in [1.29, 1.82) is 0 Å². The fourth-order valence-corrected chi connectivity index (χ4v) is 1.49. The summed E-state index contributed by atoms with van der Waals surface area (Å²) in [7, 11) is 0. The Morgan fingerprint density at radius 1 is 1.00 bits per heavy atom. The number of allylic oxidation sites excluding steroid dienone is 1. The summed E-state index contributed by atoms with van der Waals surface area (Å²) in [6.07, 6.45) is 0.